The number of aromatic amines is 5. The molecule has 0 bridgehead atoms. The lowest BCUT2D eigenvalue weighted by Crippen LogP contribution is -2.28. The minimum Gasteiger partial charge on any atom is -0.360 e. The second-order valence-corrected chi connectivity index (χ2v) is 37.1. The topological polar surface area (TPSA) is 442 Å². The number of nitrogens with one attached hydrogen (secondary N) is 10. The van der Waals surface area contributed by atoms with E-state index in [0.29, 0.717) is 92.4 Å². The molecule has 0 saturated heterocycles. The molecule has 2 saturated carbocycles. The summed E-state index contributed by atoms with van der Waals surface area (Å²) in [6.45, 7) is 26.2. The molecule has 24 rings (SSSR count). The van der Waals surface area contributed by atoms with Crippen LogP contribution in [0.2, 0.25) is 0 Å². The molecule has 4 unspecified atom stereocenters. The number of hydrogen-bond acceptors (Lipinski definition) is 25. The lowest BCUT2D eigenvalue weighted by Gasteiger charge is -2.24. The normalized spacial score (nSPS) is 13.5. The highest BCUT2D eigenvalue weighted by Gasteiger charge is 2.34. The summed E-state index contributed by atoms with van der Waals surface area (Å²) in [5, 5.41) is 25.6. The van der Waals surface area contributed by atoms with E-state index in [2.05, 4.69) is 171 Å². The number of imidazole rings is 5. The lowest BCUT2D eigenvalue weighted by atomic mass is 10.0. The number of para-hydroxylation sites is 2. The summed E-state index contributed by atoms with van der Waals surface area (Å²) in [7, 11) is 0. The summed E-state index contributed by atoms with van der Waals surface area (Å²) >= 11 is 0. The van der Waals surface area contributed by atoms with Crippen LogP contribution in [0.5, 0.6) is 0 Å². The first-order chi connectivity index (χ1) is 70.4. The predicted octanol–water partition coefficient (Wildman–Crippen LogP) is 20.2. The van der Waals surface area contributed by atoms with Crippen LogP contribution < -0.4 is 54.4 Å². The monoisotopic (exact) mass is 1930 g/mol. The summed E-state index contributed by atoms with van der Waals surface area (Å²) in [6, 6.07) is 54.2. The molecule has 15 heterocycles. The van der Waals surface area contributed by atoms with Crippen molar-refractivity contribution in [1.29, 1.82) is 0 Å². The van der Waals surface area contributed by atoms with Gasteiger partial charge < -0.3 is 65.2 Å². The van der Waals surface area contributed by atoms with Gasteiger partial charge in [-0.05, 0) is 224 Å². The van der Waals surface area contributed by atoms with E-state index in [1.165, 1.54) is 42.3 Å². The van der Waals surface area contributed by atoms with E-state index in [4.69, 9.17) is 0 Å². The Balaban J connectivity index is 0.000000111. The number of nitrogens with zero attached hydrogens (tertiary/aromatic N) is 20. The molecule has 35 nitrogen and oxygen atoms in total. The molecule has 0 spiro atoms. The summed E-state index contributed by atoms with van der Waals surface area (Å²) in [5.74, 6) is 2.80. The Morgan fingerprint density at radius 1 is 0.310 bits per heavy atom. The van der Waals surface area contributed by atoms with Crippen LogP contribution in [0.1, 0.15) is 197 Å². The molecule has 0 amide bonds. The van der Waals surface area contributed by atoms with Gasteiger partial charge in [-0.2, -0.15) is 0 Å². The fourth-order valence-corrected chi connectivity index (χ4v) is 19.5. The van der Waals surface area contributed by atoms with Gasteiger partial charge in [-0.3, -0.25) is 33.1 Å². The standard InChI is InChI=1S/C25H24N6O.C24H21FN6O.2C20H20N6O.C20H22N6O/c1-4-18(30-24-22-23(27-13-26-22)28-14-29-24)20-12-17-10-7-9-16(3)21(17)25(32)31(20)19-11-6-5-8-15(19)2;1-3-17(30-23-21-22(27-12-26-21)28-13-29-23)19-11-15-8-6-7-14(2)20(15)24(32)31(19)18-10-5-4-9-16(18)25;2*1-11-4-3-5-13-8-15(26(14-6-7-14)20(27)16(11)13)12(2)25-19-17-18(22-9-21-17)23-10-24-19;1-11(2)26-15(8-14-7-5-6-12(3)16(14)20(26)27)13(4)25-19-17-18(22-9-21-17)23-10-24-19/h5-14,18H,4H2,1-3H3,(H2,26,27,28,29,30);4-13,17H,3H2,1-2H3,(H2,26,27,28,29,30);2*3-5,8-10,12,14H,6-7H2,1-2H3,(H2,21,22,23,24,25);5-11,13H,1-4H3,(H2,21,22,23,24,25)/t;;12-;;/m..0../s1. The molecule has 0 aliphatic heterocycles. The van der Waals surface area contributed by atoms with E-state index < -0.39 is 5.82 Å². The number of anilines is 5. The number of aromatic nitrogens is 25. The van der Waals surface area contributed by atoms with E-state index in [9.17, 15) is 28.4 Å². The van der Waals surface area contributed by atoms with Gasteiger partial charge in [-0.1, -0.05) is 135 Å². The zero-order valence-electron chi connectivity index (χ0n) is 82.2. The number of hydrogen-bond donors (Lipinski definition) is 10. The Hall–Kier alpha value is -17.7. The van der Waals surface area contributed by atoms with Crippen molar-refractivity contribution < 1.29 is 4.39 Å². The maximum atomic E-state index is 14.9. The molecule has 5 atom stereocenters. The molecular formula is C109H107FN30O5. The van der Waals surface area contributed by atoms with Crippen LogP contribution >= 0.6 is 0 Å². The molecule has 22 aromatic rings. The number of aryl methyl sites for hydroxylation is 6. The van der Waals surface area contributed by atoms with Crippen molar-refractivity contribution >= 4 is 139 Å². The minimum absolute atomic E-state index is 0.0143. The Morgan fingerprint density at radius 2 is 0.586 bits per heavy atom. The lowest BCUT2D eigenvalue weighted by molar-refractivity contribution is 0.541. The summed E-state index contributed by atoms with van der Waals surface area (Å²) in [5.41, 5.74) is 18.0. The number of rotatable bonds is 22. The molecule has 145 heavy (non-hydrogen) atoms. The Labute approximate surface area is 828 Å². The highest BCUT2D eigenvalue weighted by Crippen LogP contribution is 2.41. The van der Waals surface area contributed by atoms with E-state index in [0.717, 1.165) is 164 Å². The van der Waals surface area contributed by atoms with Gasteiger partial charge in [0.1, 0.15) is 65.0 Å². The van der Waals surface area contributed by atoms with Gasteiger partial charge >= 0.3 is 0 Å². The molecule has 2 aliphatic rings. The third kappa shape index (κ3) is 18.5. The van der Waals surface area contributed by atoms with Crippen LogP contribution in [0.3, 0.4) is 0 Å². The molecule has 7 aromatic carbocycles. The first-order valence-corrected chi connectivity index (χ1v) is 48.5. The SMILES string of the molecule is CCC(Nc1ncnc2nc[nH]c12)c1cc2cccc(C)c2c(=O)n1-c1ccccc1C.CCC(Nc1ncnc2nc[nH]c12)c1cc2cccc(C)c2c(=O)n1-c1ccccc1F.Cc1cccc2cc(C(C)Nc3ncnc4nc[nH]c34)n(C(C)C)c(=O)c12.Cc1cccc2cc(C(C)Nc3ncnc4nc[nH]c34)n(C3CC3)c(=O)c12.Cc1cccc2cc([C@H](C)Nc3ncnc4nc[nH]c34)n(C3CC3)c(=O)c12. The van der Waals surface area contributed by atoms with Crippen LogP contribution in [0.25, 0.3) is 121 Å². The van der Waals surface area contributed by atoms with Crippen LogP contribution in [0.15, 0.2) is 257 Å². The number of H-pyrrole nitrogens is 5. The molecule has 2 fully saturated rings. The zero-order valence-corrected chi connectivity index (χ0v) is 82.2. The molecular weight excluding hydrogens is 1830 g/mol. The first-order valence-electron chi connectivity index (χ1n) is 48.5. The fraction of sp³-hybridized carbons (Fsp3) is 0.248. The third-order valence-corrected chi connectivity index (χ3v) is 27.0. The largest absolute Gasteiger partial charge is 0.360 e. The van der Waals surface area contributed by atoms with Crippen molar-refractivity contribution in [3.05, 3.63) is 353 Å². The van der Waals surface area contributed by atoms with Crippen LogP contribution in [0, 0.1) is 47.4 Å². The van der Waals surface area contributed by atoms with Crippen molar-refractivity contribution in [2.45, 2.75) is 177 Å². The average Bonchev–Trinajstić information content (AvgIpc) is 1.66. The highest BCUT2D eigenvalue weighted by molar-refractivity contribution is 5.92. The summed E-state index contributed by atoms with van der Waals surface area (Å²) in [6.07, 6.45) is 21.0. The van der Waals surface area contributed by atoms with Crippen LogP contribution in [-0.2, 0) is 0 Å². The Kier molecular flexibility index (Phi) is 26.2. The fourth-order valence-electron chi connectivity index (χ4n) is 19.5. The average molecular weight is 1940 g/mol. The molecule has 730 valence electrons. The van der Waals surface area contributed by atoms with Gasteiger partial charge in [0.15, 0.2) is 57.3 Å². The van der Waals surface area contributed by atoms with Crippen LogP contribution in [0.4, 0.5) is 33.5 Å². The molecule has 0 radical (unpaired) electrons. The first kappa shape index (κ1) is 94.8. The van der Waals surface area contributed by atoms with Crippen molar-refractivity contribution in [2.24, 2.45) is 0 Å². The number of pyridine rings is 5. The summed E-state index contributed by atoms with van der Waals surface area (Å²) < 4.78 is 24.0. The van der Waals surface area contributed by atoms with Crippen molar-refractivity contribution in [3.63, 3.8) is 0 Å². The molecule has 36 heteroatoms. The highest BCUT2D eigenvalue weighted by atomic mass is 19.1. The zero-order chi connectivity index (χ0) is 101. The minimum atomic E-state index is -0.461. The number of halogens is 1. The predicted molar refractivity (Wildman–Crippen MR) is 567 cm³/mol. The maximum absolute atomic E-state index is 14.9. The van der Waals surface area contributed by atoms with Gasteiger partial charge in [-0.15, -0.1) is 0 Å². The summed E-state index contributed by atoms with van der Waals surface area (Å²) in [4.78, 5) is 146. The quantitative estimate of drug-likeness (QED) is 0.0301. The Morgan fingerprint density at radius 3 is 0.903 bits per heavy atom. The molecule has 15 aromatic heterocycles. The number of fused-ring (bicyclic) bond motifs is 10. The van der Waals surface area contributed by atoms with E-state index in [-0.39, 0.29) is 69.7 Å². The number of benzene rings is 7. The van der Waals surface area contributed by atoms with Gasteiger partial charge in [0.25, 0.3) is 27.8 Å². The van der Waals surface area contributed by atoms with E-state index >= 15 is 0 Å². The second-order valence-electron chi connectivity index (χ2n) is 37.1. The Bertz CT molecular complexity index is 8360. The smallest absolute Gasteiger partial charge is 0.263 e. The van der Waals surface area contributed by atoms with Gasteiger partial charge in [-0.25, -0.2) is 79.2 Å². The van der Waals surface area contributed by atoms with Gasteiger partial charge in [0, 0.05) is 46.6 Å². The van der Waals surface area contributed by atoms with Crippen molar-refractivity contribution in [2.75, 3.05) is 26.6 Å². The molecule has 2 aliphatic carbocycles. The van der Waals surface area contributed by atoms with Gasteiger partial charge in [0.05, 0.1) is 100 Å². The van der Waals surface area contributed by atoms with Crippen LogP contribution in [-0.4, -0.2) is 123 Å². The maximum Gasteiger partial charge on any atom is 0.263 e. The van der Waals surface area contributed by atoms with E-state index in [1.54, 1.807) is 49.8 Å². The third-order valence-electron chi connectivity index (χ3n) is 27.0. The van der Waals surface area contributed by atoms with Gasteiger partial charge in [0.2, 0.25) is 0 Å². The van der Waals surface area contributed by atoms with Crippen molar-refractivity contribution in [3.8, 4) is 11.4 Å². The van der Waals surface area contributed by atoms with E-state index in [1.807, 2.05) is 209 Å². The van der Waals surface area contributed by atoms with Crippen molar-refractivity contribution in [1.82, 2.24) is 123 Å². The molecule has 10 N–H and O–H groups in total. The second kappa shape index (κ2) is 40.1.